The molecule has 0 spiro atoms. The second kappa shape index (κ2) is 8.37. The average molecular weight is 373 g/mol. The fraction of sp³-hybridized carbons (Fsp3) is 0.588. The van der Waals surface area contributed by atoms with Gasteiger partial charge in [-0.1, -0.05) is 6.58 Å². The van der Waals surface area contributed by atoms with Crippen molar-refractivity contribution in [2.75, 3.05) is 13.1 Å². The molecule has 1 aliphatic heterocycles. The van der Waals surface area contributed by atoms with E-state index in [9.17, 15) is 18.0 Å². The number of imidazole rings is 1. The fourth-order valence-corrected chi connectivity index (χ4v) is 3.30. The Morgan fingerprint density at radius 1 is 1.23 bits per heavy atom. The molecule has 0 unspecified atom stereocenters. The summed E-state index contributed by atoms with van der Waals surface area (Å²) in [7, 11) is 0. The van der Waals surface area contributed by atoms with Crippen LogP contribution >= 0.6 is 0 Å². The first-order valence-electron chi connectivity index (χ1n) is 8.50. The summed E-state index contributed by atoms with van der Waals surface area (Å²) in [4.78, 5) is 26.9. The highest BCUT2D eigenvalue weighted by Crippen LogP contribution is 2.28. The number of hydrogen-bond acceptors (Lipinski definition) is 3. The van der Waals surface area contributed by atoms with Crippen molar-refractivity contribution in [1.29, 1.82) is 0 Å². The van der Waals surface area contributed by atoms with Crippen molar-refractivity contribution in [3.63, 3.8) is 0 Å². The topological polar surface area (TPSA) is 75.4 Å². The predicted octanol–water partition coefficient (Wildman–Crippen LogP) is 2.74. The van der Waals surface area contributed by atoms with Gasteiger partial charge in [-0.05, 0) is 44.6 Å². The Labute approximate surface area is 149 Å². The molecule has 0 radical (unpaired) electrons. The van der Waals surface area contributed by atoms with E-state index in [0.29, 0.717) is 6.04 Å². The molecule has 2 heterocycles. The van der Waals surface area contributed by atoms with E-state index in [-0.39, 0.29) is 5.91 Å². The van der Waals surface area contributed by atoms with E-state index in [1.807, 2.05) is 11.2 Å². The summed E-state index contributed by atoms with van der Waals surface area (Å²) in [6, 6.07) is 0.517. The summed E-state index contributed by atoms with van der Waals surface area (Å²) < 4.78 is 34.1. The second-order valence-electron chi connectivity index (χ2n) is 6.32. The van der Waals surface area contributed by atoms with Gasteiger partial charge in [-0.3, -0.25) is 4.79 Å². The molecular formula is C17H22F3N3O3. The lowest BCUT2D eigenvalue weighted by Crippen LogP contribution is -2.38. The van der Waals surface area contributed by atoms with Gasteiger partial charge in [-0.2, -0.15) is 13.2 Å². The zero-order chi connectivity index (χ0) is 19.3. The number of amides is 1. The molecule has 1 aromatic rings. The van der Waals surface area contributed by atoms with Crippen LogP contribution in [0.2, 0.25) is 0 Å². The summed E-state index contributed by atoms with van der Waals surface area (Å²) in [5, 5.41) is 7.12. The van der Waals surface area contributed by atoms with Crippen LogP contribution in [0.15, 0.2) is 19.0 Å². The number of fused-ring (bicyclic) bond motifs is 1. The van der Waals surface area contributed by atoms with Crippen molar-refractivity contribution in [2.45, 2.75) is 50.7 Å². The smallest absolute Gasteiger partial charge is 0.475 e. The van der Waals surface area contributed by atoms with Crippen LogP contribution in [0.1, 0.15) is 43.1 Å². The SMILES string of the molecule is C=CC(=O)N1CCC(n2cnc3c2CCCC3)CC1.O=C(O)C(F)(F)F. The van der Waals surface area contributed by atoms with Crippen molar-refractivity contribution in [2.24, 2.45) is 0 Å². The number of carbonyl (C=O) groups excluding carboxylic acids is 1. The van der Waals surface area contributed by atoms with Crippen molar-refractivity contribution < 1.29 is 27.9 Å². The molecule has 9 heteroatoms. The number of aromatic nitrogens is 2. The summed E-state index contributed by atoms with van der Waals surface area (Å²) in [6.45, 7) is 5.23. The highest BCUT2D eigenvalue weighted by molar-refractivity contribution is 5.87. The molecule has 0 atom stereocenters. The van der Waals surface area contributed by atoms with Crippen LogP contribution in [0, 0.1) is 0 Å². The summed E-state index contributed by atoms with van der Waals surface area (Å²) in [5.74, 6) is -2.70. The van der Waals surface area contributed by atoms with Gasteiger partial charge in [0, 0.05) is 24.8 Å². The first-order chi connectivity index (χ1) is 12.2. The van der Waals surface area contributed by atoms with Crippen LogP contribution in [0.25, 0.3) is 0 Å². The molecule has 1 aromatic heterocycles. The number of alkyl halides is 3. The molecule has 6 nitrogen and oxygen atoms in total. The monoisotopic (exact) mass is 373 g/mol. The molecule has 1 fully saturated rings. The summed E-state index contributed by atoms with van der Waals surface area (Å²) in [6.07, 6.45) is 5.27. The Morgan fingerprint density at radius 3 is 2.35 bits per heavy atom. The van der Waals surface area contributed by atoms with E-state index in [1.54, 1.807) is 0 Å². The number of halogens is 3. The second-order valence-corrected chi connectivity index (χ2v) is 6.32. The Hall–Kier alpha value is -2.32. The lowest BCUT2D eigenvalue weighted by atomic mass is 9.99. The van der Waals surface area contributed by atoms with E-state index < -0.39 is 12.1 Å². The molecule has 1 amide bonds. The number of aliphatic carboxylic acids is 1. The average Bonchev–Trinajstić information content (AvgIpc) is 3.05. The molecule has 2 aliphatic rings. The lowest BCUT2D eigenvalue weighted by molar-refractivity contribution is -0.192. The third-order valence-electron chi connectivity index (χ3n) is 4.65. The van der Waals surface area contributed by atoms with E-state index >= 15 is 0 Å². The number of hydrogen-bond donors (Lipinski definition) is 1. The van der Waals surface area contributed by atoms with Crippen LogP contribution in [0.5, 0.6) is 0 Å². The maximum absolute atomic E-state index is 11.6. The summed E-state index contributed by atoms with van der Waals surface area (Å²) >= 11 is 0. The summed E-state index contributed by atoms with van der Waals surface area (Å²) in [5.41, 5.74) is 2.75. The minimum Gasteiger partial charge on any atom is -0.475 e. The lowest BCUT2D eigenvalue weighted by Gasteiger charge is -2.33. The first-order valence-corrected chi connectivity index (χ1v) is 8.50. The van der Waals surface area contributed by atoms with Crippen LogP contribution in [0.3, 0.4) is 0 Å². The predicted molar refractivity (Wildman–Crippen MR) is 87.6 cm³/mol. The number of aryl methyl sites for hydroxylation is 1. The van der Waals surface area contributed by atoms with E-state index in [0.717, 1.165) is 32.4 Å². The third kappa shape index (κ3) is 4.86. The quantitative estimate of drug-likeness (QED) is 0.809. The van der Waals surface area contributed by atoms with Gasteiger partial charge < -0.3 is 14.6 Å². The van der Waals surface area contributed by atoms with E-state index in [1.165, 1.54) is 36.7 Å². The van der Waals surface area contributed by atoms with Crippen molar-refractivity contribution in [3.05, 3.63) is 30.4 Å². The molecule has 26 heavy (non-hydrogen) atoms. The first kappa shape index (κ1) is 20.0. The highest BCUT2D eigenvalue weighted by Gasteiger charge is 2.38. The Balaban J connectivity index is 0.000000298. The molecule has 0 aromatic carbocycles. The van der Waals surface area contributed by atoms with Gasteiger partial charge in [0.15, 0.2) is 0 Å². The Morgan fingerprint density at radius 2 is 1.81 bits per heavy atom. The molecule has 1 saturated heterocycles. The largest absolute Gasteiger partial charge is 0.490 e. The number of rotatable bonds is 2. The number of piperidine rings is 1. The molecule has 0 bridgehead atoms. The van der Waals surface area contributed by atoms with Gasteiger partial charge in [-0.15, -0.1) is 0 Å². The zero-order valence-corrected chi connectivity index (χ0v) is 14.3. The van der Waals surface area contributed by atoms with Crippen LogP contribution in [-0.4, -0.2) is 50.7 Å². The van der Waals surface area contributed by atoms with Crippen LogP contribution in [0.4, 0.5) is 13.2 Å². The molecule has 1 N–H and O–H groups in total. The standard InChI is InChI=1S/C15H21N3O.C2HF3O2/c1-2-15(19)17-9-7-12(8-10-17)18-11-16-13-5-3-4-6-14(13)18;3-2(4,5)1(6)7/h2,11-12H,1,3-10H2;(H,6,7). The minimum absolute atomic E-state index is 0.0612. The number of carboxylic acids is 1. The molecule has 1 aliphatic carbocycles. The van der Waals surface area contributed by atoms with Gasteiger partial charge in [-0.25, -0.2) is 9.78 Å². The highest BCUT2D eigenvalue weighted by atomic mass is 19.4. The minimum atomic E-state index is -5.08. The van der Waals surface area contributed by atoms with Gasteiger partial charge in [0.1, 0.15) is 0 Å². The molecule has 0 saturated carbocycles. The van der Waals surface area contributed by atoms with Crippen molar-refractivity contribution in [3.8, 4) is 0 Å². The van der Waals surface area contributed by atoms with Gasteiger partial charge in [0.05, 0.1) is 12.0 Å². The van der Waals surface area contributed by atoms with Crippen LogP contribution in [-0.2, 0) is 22.4 Å². The van der Waals surface area contributed by atoms with Crippen LogP contribution < -0.4 is 0 Å². The number of likely N-dealkylation sites (tertiary alicyclic amines) is 1. The van der Waals surface area contributed by atoms with Crippen molar-refractivity contribution in [1.82, 2.24) is 14.5 Å². The Kier molecular flexibility index (Phi) is 6.44. The number of nitrogens with zero attached hydrogens (tertiary/aromatic N) is 3. The van der Waals surface area contributed by atoms with Gasteiger partial charge in [0.2, 0.25) is 5.91 Å². The maximum Gasteiger partial charge on any atom is 0.490 e. The van der Waals surface area contributed by atoms with Crippen molar-refractivity contribution >= 4 is 11.9 Å². The van der Waals surface area contributed by atoms with E-state index in [2.05, 4.69) is 16.1 Å². The molecule has 144 valence electrons. The van der Waals surface area contributed by atoms with E-state index in [4.69, 9.17) is 9.90 Å². The third-order valence-corrected chi connectivity index (χ3v) is 4.65. The normalized spacial score (nSPS) is 17.7. The van der Waals surface area contributed by atoms with Gasteiger partial charge in [0.25, 0.3) is 0 Å². The van der Waals surface area contributed by atoms with Gasteiger partial charge >= 0.3 is 12.1 Å². The molecule has 3 rings (SSSR count). The zero-order valence-electron chi connectivity index (χ0n) is 14.3. The Bertz CT molecular complexity index is 662. The maximum atomic E-state index is 11.6. The fourth-order valence-electron chi connectivity index (χ4n) is 3.30. The number of carboxylic acid groups (broad SMARTS) is 1. The number of carbonyl (C=O) groups is 2. The molecular weight excluding hydrogens is 351 g/mol.